The third-order valence-electron chi connectivity index (χ3n) is 7.18. The Balaban J connectivity index is 1.40. The summed E-state index contributed by atoms with van der Waals surface area (Å²) in [5, 5.41) is 6.66. The largest absolute Gasteiger partial charge is 0.386 e. The van der Waals surface area contributed by atoms with E-state index in [1.165, 1.54) is 5.56 Å². The summed E-state index contributed by atoms with van der Waals surface area (Å²) >= 11 is 0. The first kappa shape index (κ1) is 21.0. The maximum atomic E-state index is 12.8. The summed E-state index contributed by atoms with van der Waals surface area (Å²) in [5.74, 6) is 0.727. The van der Waals surface area contributed by atoms with E-state index in [0.29, 0.717) is 6.04 Å². The van der Waals surface area contributed by atoms with E-state index in [1.54, 1.807) is 4.90 Å². The number of nitrogens with two attached hydrogens (primary N) is 1. The minimum Gasteiger partial charge on any atom is -0.386 e. The summed E-state index contributed by atoms with van der Waals surface area (Å²) in [4.78, 5) is 19.1. The first-order valence-electron chi connectivity index (χ1n) is 11.3. The van der Waals surface area contributed by atoms with Crippen LogP contribution in [0.4, 0.5) is 10.5 Å². The third kappa shape index (κ3) is 3.87. The molecule has 0 aromatic heterocycles. The Kier molecular flexibility index (Phi) is 5.91. The van der Waals surface area contributed by atoms with Crippen molar-refractivity contribution in [3.05, 3.63) is 29.8 Å². The fourth-order valence-electron chi connectivity index (χ4n) is 5.36. The van der Waals surface area contributed by atoms with Gasteiger partial charge >= 0.3 is 6.03 Å². The molecule has 3 heterocycles. The fraction of sp³-hybridized carbons (Fsp3) is 0.652. The van der Waals surface area contributed by atoms with E-state index in [0.717, 1.165) is 76.4 Å². The molecular weight excluding hydrogens is 376 g/mol. The van der Waals surface area contributed by atoms with E-state index < -0.39 is 0 Å². The van der Waals surface area contributed by atoms with Crippen LogP contribution in [0.5, 0.6) is 0 Å². The van der Waals surface area contributed by atoms with Crippen molar-refractivity contribution < 1.29 is 4.79 Å². The molecule has 2 amide bonds. The zero-order valence-electron chi connectivity index (χ0n) is 18.7. The molecule has 7 heteroatoms. The summed E-state index contributed by atoms with van der Waals surface area (Å²) in [6, 6.07) is 9.23. The van der Waals surface area contributed by atoms with Crippen molar-refractivity contribution in [2.75, 3.05) is 51.7 Å². The number of hydrogen-bond acceptors (Lipinski definition) is 4. The number of likely N-dealkylation sites (tertiary alicyclic amines) is 1. The zero-order valence-corrected chi connectivity index (χ0v) is 18.7. The van der Waals surface area contributed by atoms with Crippen LogP contribution >= 0.6 is 0 Å². The van der Waals surface area contributed by atoms with Crippen LogP contribution in [0.2, 0.25) is 0 Å². The quantitative estimate of drug-likeness (QED) is 0.612. The molecule has 30 heavy (non-hydrogen) atoms. The highest BCUT2D eigenvalue weighted by molar-refractivity contribution is 5.95. The molecule has 0 atom stereocenters. The lowest BCUT2D eigenvalue weighted by Gasteiger charge is -2.45. The number of amides is 2. The van der Waals surface area contributed by atoms with Gasteiger partial charge in [0.25, 0.3) is 0 Å². The molecule has 2 fully saturated rings. The Morgan fingerprint density at radius 2 is 1.83 bits per heavy atom. The Hall–Kier alpha value is -2.28. The van der Waals surface area contributed by atoms with Crippen LogP contribution in [-0.2, 0) is 5.41 Å². The number of rotatable bonds is 3. The van der Waals surface area contributed by atoms with Crippen LogP contribution in [0.3, 0.4) is 0 Å². The lowest BCUT2D eigenvalue weighted by Crippen LogP contribution is -2.52. The van der Waals surface area contributed by atoms with E-state index in [1.807, 2.05) is 32.0 Å². The van der Waals surface area contributed by atoms with Gasteiger partial charge in [0.1, 0.15) is 5.84 Å². The number of anilines is 1. The number of urea groups is 1. The standard InChI is InChI=1S/C23H36N6O/c1-4-21(24)25-28-13-9-18(10-14-28)27-15-11-23(12-16-27)17-29(22(30)26(2)3)20-8-6-5-7-19(20)23/h5-8,18H,4,9-17H2,1-3H3,(H2,24,25). The molecule has 2 N–H and O–H groups in total. The predicted molar refractivity (Wildman–Crippen MR) is 122 cm³/mol. The number of carbonyl (C=O) groups excluding carboxylic acids is 1. The van der Waals surface area contributed by atoms with Gasteiger partial charge in [-0.05, 0) is 50.4 Å². The highest BCUT2D eigenvalue weighted by Crippen LogP contribution is 2.47. The Bertz CT molecular complexity index is 791. The average Bonchev–Trinajstić information content (AvgIpc) is 3.08. The lowest BCUT2D eigenvalue weighted by atomic mass is 9.74. The lowest BCUT2D eigenvalue weighted by molar-refractivity contribution is 0.0721. The number of hydrogen-bond donors (Lipinski definition) is 1. The molecule has 0 bridgehead atoms. The van der Waals surface area contributed by atoms with Crippen LogP contribution in [0.15, 0.2) is 29.4 Å². The molecule has 1 spiro atoms. The number of carbonyl (C=O) groups is 1. The van der Waals surface area contributed by atoms with Gasteiger partial charge in [-0.25, -0.2) is 4.79 Å². The number of piperidine rings is 2. The van der Waals surface area contributed by atoms with Crippen molar-refractivity contribution >= 4 is 17.6 Å². The molecule has 1 aromatic carbocycles. The molecule has 4 rings (SSSR count). The van der Waals surface area contributed by atoms with Gasteiger partial charge in [0.15, 0.2) is 0 Å². The van der Waals surface area contributed by atoms with Crippen LogP contribution < -0.4 is 10.6 Å². The normalized spacial score (nSPS) is 22.4. The monoisotopic (exact) mass is 412 g/mol. The minimum atomic E-state index is 0.0843. The van der Waals surface area contributed by atoms with Crippen molar-refractivity contribution in [1.82, 2.24) is 14.8 Å². The minimum absolute atomic E-state index is 0.0843. The third-order valence-corrected chi connectivity index (χ3v) is 7.18. The van der Waals surface area contributed by atoms with Crippen molar-refractivity contribution in [1.29, 1.82) is 0 Å². The van der Waals surface area contributed by atoms with Crippen molar-refractivity contribution in [3.63, 3.8) is 0 Å². The SMILES string of the molecule is CC/C(N)=N/N1CCC(N2CCC3(CC2)CN(C(=O)N(C)C)c2ccccc23)CC1. The first-order valence-corrected chi connectivity index (χ1v) is 11.3. The Morgan fingerprint density at radius 1 is 1.17 bits per heavy atom. The summed E-state index contributed by atoms with van der Waals surface area (Å²) in [6.07, 6.45) is 5.33. The summed E-state index contributed by atoms with van der Waals surface area (Å²) in [6.45, 7) is 7.03. The van der Waals surface area contributed by atoms with Gasteiger partial charge < -0.3 is 15.5 Å². The van der Waals surface area contributed by atoms with Gasteiger partial charge in [-0.3, -0.25) is 9.91 Å². The molecule has 0 unspecified atom stereocenters. The fourth-order valence-corrected chi connectivity index (χ4v) is 5.36. The van der Waals surface area contributed by atoms with Gasteiger partial charge in [-0.1, -0.05) is 25.1 Å². The highest BCUT2D eigenvalue weighted by Gasteiger charge is 2.47. The number of nitrogens with zero attached hydrogens (tertiary/aromatic N) is 5. The summed E-state index contributed by atoms with van der Waals surface area (Å²) in [5.41, 5.74) is 8.46. The topological polar surface area (TPSA) is 68.4 Å². The second-order valence-corrected chi connectivity index (χ2v) is 9.23. The number of para-hydroxylation sites is 1. The molecule has 164 valence electrons. The maximum absolute atomic E-state index is 12.8. The summed E-state index contributed by atoms with van der Waals surface area (Å²) < 4.78 is 0. The number of amidine groups is 1. The van der Waals surface area contributed by atoms with Crippen LogP contribution in [0, 0.1) is 0 Å². The van der Waals surface area contributed by atoms with E-state index in [2.05, 4.69) is 33.2 Å². The van der Waals surface area contributed by atoms with E-state index >= 15 is 0 Å². The second-order valence-electron chi connectivity index (χ2n) is 9.23. The molecule has 0 saturated carbocycles. The second kappa shape index (κ2) is 8.46. The molecule has 7 nitrogen and oxygen atoms in total. The number of benzene rings is 1. The van der Waals surface area contributed by atoms with Crippen LogP contribution in [-0.4, -0.2) is 79.5 Å². The van der Waals surface area contributed by atoms with Crippen LogP contribution in [0.1, 0.15) is 44.6 Å². The first-order chi connectivity index (χ1) is 14.4. The van der Waals surface area contributed by atoms with Gasteiger partial charge in [0, 0.05) is 57.3 Å². The van der Waals surface area contributed by atoms with E-state index in [9.17, 15) is 4.79 Å². The molecule has 0 radical (unpaired) electrons. The van der Waals surface area contributed by atoms with Crippen molar-refractivity contribution in [3.8, 4) is 0 Å². The number of hydrazone groups is 1. The van der Waals surface area contributed by atoms with Crippen molar-refractivity contribution in [2.45, 2.75) is 50.5 Å². The van der Waals surface area contributed by atoms with E-state index in [4.69, 9.17) is 5.73 Å². The van der Waals surface area contributed by atoms with E-state index in [-0.39, 0.29) is 11.4 Å². The van der Waals surface area contributed by atoms with Crippen LogP contribution in [0.25, 0.3) is 0 Å². The van der Waals surface area contributed by atoms with Gasteiger partial charge in [-0.2, -0.15) is 5.10 Å². The van der Waals surface area contributed by atoms with Gasteiger partial charge in [0.2, 0.25) is 0 Å². The van der Waals surface area contributed by atoms with Gasteiger partial charge in [-0.15, -0.1) is 0 Å². The average molecular weight is 413 g/mol. The maximum Gasteiger partial charge on any atom is 0.323 e. The summed E-state index contributed by atoms with van der Waals surface area (Å²) in [7, 11) is 3.67. The van der Waals surface area contributed by atoms with Gasteiger partial charge in [0.05, 0.1) is 0 Å². The molecule has 1 aromatic rings. The molecule has 2 saturated heterocycles. The zero-order chi connectivity index (χ0) is 21.3. The predicted octanol–water partition coefficient (Wildman–Crippen LogP) is 2.67. The Morgan fingerprint density at radius 3 is 2.47 bits per heavy atom. The Labute approximate surface area is 180 Å². The molecular formula is C23H36N6O. The molecule has 3 aliphatic heterocycles. The molecule has 0 aliphatic carbocycles. The highest BCUT2D eigenvalue weighted by atomic mass is 16.2. The smallest absolute Gasteiger partial charge is 0.323 e. The molecule has 3 aliphatic rings. The van der Waals surface area contributed by atoms with Crippen molar-refractivity contribution in [2.24, 2.45) is 10.8 Å². The number of fused-ring (bicyclic) bond motifs is 2.